The summed E-state index contributed by atoms with van der Waals surface area (Å²) in [6.45, 7) is -0.441. The number of hydrogen-bond acceptors (Lipinski definition) is 4. The van der Waals surface area contributed by atoms with Gasteiger partial charge in [0, 0.05) is 18.0 Å². The fraction of sp³-hybridized carbons (Fsp3) is 0.467. The molecule has 124 valence electrons. The second-order valence-electron chi connectivity index (χ2n) is 5.99. The Morgan fingerprint density at radius 1 is 1.39 bits per heavy atom. The molecule has 1 aliphatic heterocycles. The Balaban J connectivity index is 0.00000156. The summed E-state index contributed by atoms with van der Waals surface area (Å²) in [5, 5.41) is 6.42. The number of carbonyl (C=O) groups excluding carboxylic acids is 1. The zero-order chi connectivity index (χ0) is 15.3. The number of fused-ring (bicyclic) bond motifs is 1. The van der Waals surface area contributed by atoms with Crippen molar-refractivity contribution in [2.45, 2.75) is 37.1 Å². The number of hydrogen-bond donors (Lipinski definition) is 2. The molecule has 0 bridgehead atoms. The molecule has 23 heavy (non-hydrogen) atoms. The molecule has 2 aromatic rings. The maximum atomic E-state index is 13.1. The number of alkyl halides is 2. The lowest BCUT2D eigenvalue weighted by Gasteiger charge is -2.11. The highest BCUT2D eigenvalue weighted by Crippen LogP contribution is 2.43. The SMILES string of the molecule is Cl.O=C(Nc1ccc2nc(C3CC3)sc2c1)C1CC(F)(F)CN1. The minimum atomic E-state index is -2.80. The lowest BCUT2D eigenvalue weighted by molar-refractivity contribution is -0.118. The molecule has 2 heterocycles. The number of rotatable bonds is 3. The average molecular weight is 360 g/mol. The zero-order valence-electron chi connectivity index (χ0n) is 12.1. The molecule has 1 amide bonds. The molecule has 1 unspecified atom stereocenters. The number of halogens is 3. The molecule has 4 nitrogen and oxygen atoms in total. The number of amides is 1. The monoisotopic (exact) mass is 359 g/mol. The Morgan fingerprint density at radius 2 is 2.17 bits per heavy atom. The van der Waals surface area contributed by atoms with E-state index >= 15 is 0 Å². The van der Waals surface area contributed by atoms with Gasteiger partial charge in [0.05, 0.1) is 27.8 Å². The quantitative estimate of drug-likeness (QED) is 0.881. The molecule has 1 aromatic carbocycles. The summed E-state index contributed by atoms with van der Waals surface area (Å²) in [6, 6.07) is 4.66. The number of aromatic nitrogens is 1. The van der Waals surface area contributed by atoms with Gasteiger partial charge in [0.15, 0.2) is 0 Å². The van der Waals surface area contributed by atoms with Gasteiger partial charge in [0.1, 0.15) is 0 Å². The fourth-order valence-electron chi connectivity index (χ4n) is 2.66. The molecule has 1 saturated heterocycles. The molecule has 2 N–H and O–H groups in total. The smallest absolute Gasteiger partial charge is 0.262 e. The summed E-state index contributed by atoms with van der Waals surface area (Å²) in [4.78, 5) is 16.6. The number of thiazole rings is 1. The van der Waals surface area contributed by atoms with Gasteiger partial charge >= 0.3 is 0 Å². The van der Waals surface area contributed by atoms with Gasteiger partial charge in [-0.05, 0) is 31.0 Å². The van der Waals surface area contributed by atoms with Crippen molar-refractivity contribution in [2.75, 3.05) is 11.9 Å². The molecule has 1 aromatic heterocycles. The van der Waals surface area contributed by atoms with Crippen LogP contribution in [-0.4, -0.2) is 29.4 Å². The Bertz CT molecular complexity index is 747. The molecule has 8 heteroatoms. The van der Waals surface area contributed by atoms with Gasteiger partial charge in [-0.15, -0.1) is 23.7 Å². The van der Waals surface area contributed by atoms with Crippen LogP contribution in [0.4, 0.5) is 14.5 Å². The predicted octanol–water partition coefficient (Wildman–Crippen LogP) is 3.53. The van der Waals surface area contributed by atoms with Gasteiger partial charge in [-0.2, -0.15) is 0 Å². The van der Waals surface area contributed by atoms with Crippen molar-refractivity contribution in [1.29, 1.82) is 0 Å². The lowest BCUT2D eigenvalue weighted by atomic mass is 10.2. The van der Waals surface area contributed by atoms with E-state index in [2.05, 4.69) is 15.6 Å². The number of anilines is 1. The molecule has 0 spiro atoms. The summed E-state index contributed by atoms with van der Waals surface area (Å²) >= 11 is 1.64. The van der Waals surface area contributed by atoms with Crippen LogP contribution in [0.15, 0.2) is 18.2 Å². The van der Waals surface area contributed by atoms with E-state index in [-0.39, 0.29) is 12.4 Å². The van der Waals surface area contributed by atoms with Gasteiger partial charge in [-0.25, -0.2) is 13.8 Å². The Hall–Kier alpha value is -1.31. The van der Waals surface area contributed by atoms with Crippen LogP contribution >= 0.6 is 23.7 Å². The van der Waals surface area contributed by atoms with Crippen molar-refractivity contribution in [3.8, 4) is 0 Å². The summed E-state index contributed by atoms with van der Waals surface area (Å²) in [7, 11) is 0. The standard InChI is InChI=1S/C15H15F2N3OS.ClH/c16-15(17)6-11(18-7-15)13(21)19-9-3-4-10-12(5-9)22-14(20-10)8-1-2-8;/h3-5,8,11,18H,1-2,6-7H2,(H,19,21);1H. The van der Waals surface area contributed by atoms with E-state index in [1.165, 1.54) is 12.8 Å². The summed E-state index contributed by atoms with van der Waals surface area (Å²) in [5.41, 5.74) is 1.55. The third kappa shape index (κ3) is 3.46. The van der Waals surface area contributed by atoms with Crippen LogP contribution in [0.25, 0.3) is 10.2 Å². The van der Waals surface area contributed by atoms with Gasteiger partial charge < -0.3 is 5.32 Å². The number of benzene rings is 1. The summed E-state index contributed by atoms with van der Waals surface area (Å²) < 4.78 is 27.3. The second-order valence-corrected chi connectivity index (χ2v) is 7.05. The van der Waals surface area contributed by atoms with E-state index in [0.717, 1.165) is 15.2 Å². The Kier molecular flexibility index (Phi) is 4.29. The predicted molar refractivity (Wildman–Crippen MR) is 88.8 cm³/mol. The van der Waals surface area contributed by atoms with E-state index in [4.69, 9.17) is 0 Å². The lowest BCUT2D eigenvalue weighted by Crippen LogP contribution is -2.35. The average Bonchev–Trinajstić information content (AvgIpc) is 3.13. The molecular weight excluding hydrogens is 344 g/mol. The van der Waals surface area contributed by atoms with Crippen LogP contribution in [0.5, 0.6) is 0 Å². The summed E-state index contributed by atoms with van der Waals surface area (Å²) in [5.74, 6) is -2.62. The third-order valence-electron chi connectivity index (χ3n) is 4.03. The van der Waals surface area contributed by atoms with Gasteiger partial charge in [-0.3, -0.25) is 10.1 Å². The minimum Gasteiger partial charge on any atom is -0.325 e. The molecule has 4 rings (SSSR count). The highest BCUT2D eigenvalue weighted by atomic mass is 35.5. The van der Waals surface area contributed by atoms with Crippen molar-refractivity contribution < 1.29 is 13.6 Å². The molecule has 2 aliphatic rings. The fourth-order valence-corrected chi connectivity index (χ4v) is 3.83. The van der Waals surface area contributed by atoms with E-state index in [9.17, 15) is 13.6 Å². The van der Waals surface area contributed by atoms with E-state index in [0.29, 0.717) is 11.6 Å². The maximum absolute atomic E-state index is 13.1. The molecule has 1 atom stereocenters. The van der Waals surface area contributed by atoms with Crippen molar-refractivity contribution >= 4 is 45.6 Å². The van der Waals surface area contributed by atoms with Gasteiger partial charge in [0.25, 0.3) is 5.92 Å². The zero-order valence-corrected chi connectivity index (χ0v) is 13.8. The first-order valence-corrected chi connectivity index (χ1v) is 8.14. The van der Waals surface area contributed by atoms with Crippen molar-refractivity contribution in [3.63, 3.8) is 0 Å². The van der Waals surface area contributed by atoms with Crippen LogP contribution < -0.4 is 10.6 Å². The maximum Gasteiger partial charge on any atom is 0.262 e. The molecule has 1 aliphatic carbocycles. The first kappa shape index (κ1) is 16.5. The van der Waals surface area contributed by atoms with E-state index in [1.807, 2.05) is 12.1 Å². The van der Waals surface area contributed by atoms with Crippen LogP contribution in [0.2, 0.25) is 0 Å². The summed E-state index contributed by atoms with van der Waals surface area (Å²) in [6.07, 6.45) is 1.95. The van der Waals surface area contributed by atoms with Crippen molar-refractivity contribution in [1.82, 2.24) is 10.3 Å². The Labute approximate surface area is 142 Å². The third-order valence-corrected chi connectivity index (χ3v) is 5.21. The van der Waals surface area contributed by atoms with Crippen molar-refractivity contribution in [3.05, 3.63) is 23.2 Å². The number of carbonyl (C=O) groups is 1. The van der Waals surface area contributed by atoms with Crippen LogP contribution in [0, 0.1) is 0 Å². The van der Waals surface area contributed by atoms with Gasteiger partial charge in [0.2, 0.25) is 5.91 Å². The largest absolute Gasteiger partial charge is 0.325 e. The van der Waals surface area contributed by atoms with Crippen LogP contribution in [-0.2, 0) is 4.79 Å². The van der Waals surface area contributed by atoms with E-state index < -0.39 is 30.8 Å². The van der Waals surface area contributed by atoms with Crippen molar-refractivity contribution in [2.24, 2.45) is 0 Å². The second kappa shape index (κ2) is 5.96. The first-order valence-electron chi connectivity index (χ1n) is 7.33. The molecule has 0 radical (unpaired) electrons. The van der Waals surface area contributed by atoms with Crippen LogP contribution in [0.1, 0.15) is 30.2 Å². The highest BCUT2D eigenvalue weighted by Gasteiger charge is 2.42. The highest BCUT2D eigenvalue weighted by molar-refractivity contribution is 7.18. The molecular formula is C15H16ClF2N3OS. The van der Waals surface area contributed by atoms with E-state index in [1.54, 1.807) is 17.4 Å². The minimum absolute atomic E-state index is 0. The van der Waals surface area contributed by atoms with Gasteiger partial charge in [-0.1, -0.05) is 0 Å². The normalized spacial score (nSPS) is 22.8. The topological polar surface area (TPSA) is 54.0 Å². The Morgan fingerprint density at radius 3 is 2.83 bits per heavy atom. The number of nitrogens with one attached hydrogen (secondary N) is 2. The first-order chi connectivity index (χ1) is 10.5. The van der Waals surface area contributed by atoms with Crippen LogP contribution in [0.3, 0.4) is 0 Å². The molecule has 1 saturated carbocycles. The molecule has 2 fully saturated rings. The number of nitrogens with zero attached hydrogens (tertiary/aromatic N) is 1.